The first-order valence-corrected chi connectivity index (χ1v) is 7.37. The van der Waals surface area contributed by atoms with Crippen LogP contribution in [0.1, 0.15) is 36.0 Å². The number of halogens is 1. The van der Waals surface area contributed by atoms with Gasteiger partial charge in [-0.3, -0.25) is 4.79 Å². The minimum Gasteiger partial charge on any atom is -0.452 e. The van der Waals surface area contributed by atoms with Gasteiger partial charge >= 0.3 is 5.97 Å². The summed E-state index contributed by atoms with van der Waals surface area (Å²) in [5, 5.41) is 2.86. The summed E-state index contributed by atoms with van der Waals surface area (Å²) in [4.78, 5) is 23.5. The van der Waals surface area contributed by atoms with Gasteiger partial charge in [0.2, 0.25) is 0 Å². The van der Waals surface area contributed by atoms with Crippen LogP contribution in [0.15, 0.2) is 22.7 Å². The smallest absolute Gasteiger partial charge is 0.339 e. The molecule has 0 saturated heterocycles. The number of esters is 1. The molecule has 0 heterocycles. The SMILES string of the molecule is Nc1cccc(C(=O)OCC(=O)NC2CCCC2)c1Br. The molecule has 2 rings (SSSR count). The first kappa shape index (κ1) is 14.8. The van der Waals surface area contributed by atoms with Crippen molar-refractivity contribution < 1.29 is 14.3 Å². The lowest BCUT2D eigenvalue weighted by molar-refractivity contribution is -0.124. The molecule has 1 aromatic carbocycles. The van der Waals surface area contributed by atoms with Crippen LogP contribution < -0.4 is 11.1 Å². The number of carbonyl (C=O) groups excluding carboxylic acids is 2. The zero-order valence-electron chi connectivity index (χ0n) is 11.0. The van der Waals surface area contributed by atoms with E-state index in [1.165, 1.54) is 0 Å². The summed E-state index contributed by atoms with van der Waals surface area (Å²) >= 11 is 3.23. The van der Waals surface area contributed by atoms with Crippen LogP contribution in [-0.2, 0) is 9.53 Å². The molecular weight excluding hydrogens is 324 g/mol. The van der Waals surface area contributed by atoms with Gasteiger partial charge in [-0.05, 0) is 40.9 Å². The fourth-order valence-electron chi connectivity index (χ4n) is 2.26. The van der Waals surface area contributed by atoms with Crippen LogP contribution in [0.3, 0.4) is 0 Å². The Labute approximate surface area is 126 Å². The Morgan fingerprint density at radius 3 is 2.75 bits per heavy atom. The van der Waals surface area contributed by atoms with E-state index < -0.39 is 5.97 Å². The number of nitrogens with one attached hydrogen (secondary N) is 1. The van der Waals surface area contributed by atoms with Crippen molar-refractivity contribution in [3.63, 3.8) is 0 Å². The number of ether oxygens (including phenoxy) is 1. The van der Waals surface area contributed by atoms with Gasteiger partial charge < -0.3 is 15.8 Å². The molecule has 0 spiro atoms. The number of carbonyl (C=O) groups is 2. The molecule has 6 heteroatoms. The fourth-order valence-corrected chi connectivity index (χ4v) is 2.68. The minimum atomic E-state index is -0.564. The van der Waals surface area contributed by atoms with Gasteiger partial charge in [-0.1, -0.05) is 18.9 Å². The van der Waals surface area contributed by atoms with Crippen molar-refractivity contribution in [2.45, 2.75) is 31.7 Å². The van der Waals surface area contributed by atoms with Crippen LogP contribution >= 0.6 is 15.9 Å². The molecule has 1 fully saturated rings. The third kappa shape index (κ3) is 3.72. The van der Waals surface area contributed by atoms with Gasteiger partial charge in [-0.15, -0.1) is 0 Å². The molecule has 20 heavy (non-hydrogen) atoms. The zero-order chi connectivity index (χ0) is 14.5. The van der Waals surface area contributed by atoms with Crippen molar-refractivity contribution in [2.75, 3.05) is 12.3 Å². The number of anilines is 1. The van der Waals surface area contributed by atoms with E-state index in [-0.39, 0.29) is 18.6 Å². The van der Waals surface area contributed by atoms with Crippen LogP contribution in [0.25, 0.3) is 0 Å². The van der Waals surface area contributed by atoms with Crippen molar-refractivity contribution in [3.8, 4) is 0 Å². The highest BCUT2D eigenvalue weighted by atomic mass is 79.9. The van der Waals surface area contributed by atoms with E-state index in [0.29, 0.717) is 15.7 Å². The van der Waals surface area contributed by atoms with Gasteiger partial charge in [-0.25, -0.2) is 4.79 Å². The summed E-state index contributed by atoms with van der Waals surface area (Å²) in [6.07, 6.45) is 4.28. The van der Waals surface area contributed by atoms with Crippen molar-refractivity contribution >= 4 is 33.5 Å². The molecule has 0 radical (unpaired) electrons. The molecule has 0 unspecified atom stereocenters. The highest BCUT2D eigenvalue weighted by Gasteiger charge is 2.19. The maximum absolute atomic E-state index is 11.9. The maximum atomic E-state index is 11.9. The Kier molecular flexibility index (Phi) is 5.00. The second kappa shape index (κ2) is 6.74. The van der Waals surface area contributed by atoms with Crippen LogP contribution in [0.4, 0.5) is 5.69 Å². The van der Waals surface area contributed by atoms with Crippen LogP contribution in [0.2, 0.25) is 0 Å². The molecule has 1 aliphatic carbocycles. The summed E-state index contributed by atoms with van der Waals surface area (Å²) in [6.45, 7) is -0.267. The predicted molar refractivity (Wildman–Crippen MR) is 79.2 cm³/mol. The molecule has 0 aromatic heterocycles. The Balaban J connectivity index is 1.85. The van der Waals surface area contributed by atoms with Gasteiger partial charge in [-0.2, -0.15) is 0 Å². The molecule has 1 saturated carbocycles. The summed E-state index contributed by atoms with van der Waals surface area (Å²) in [6, 6.07) is 5.15. The van der Waals surface area contributed by atoms with Gasteiger partial charge in [0, 0.05) is 11.7 Å². The molecule has 0 aliphatic heterocycles. The minimum absolute atomic E-state index is 0.223. The molecule has 3 N–H and O–H groups in total. The van der Waals surface area contributed by atoms with Gasteiger partial charge in [0.05, 0.1) is 10.0 Å². The number of hydrogen-bond donors (Lipinski definition) is 2. The Hall–Kier alpha value is -1.56. The number of benzene rings is 1. The molecule has 0 atom stereocenters. The van der Waals surface area contributed by atoms with Crippen LogP contribution in [-0.4, -0.2) is 24.5 Å². The lowest BCUT2D eigenvalue weighted by Crippen LogP contribution is -2.35. The summed E-state index contributed by atoms with van der Waals surface area (Å²) in [7, 11) is 0. The summed E-state index contributed by atoms with van der Waals surface area (Å²) in [5.41, 5.74) is 6.46. The Morgan fingerprint density at radius 2 is 2.05 bits per heavy atom. The summed E-state index contributed by atoms with van der Waals surface area (Å²) in [5.74, 6) is -0.823. The first-order valence-electron chi connectivity index (χ1n) is 6.58. The normalized spacial score (nSPS) is 15.1. The van der Waals surface area contributed by atoms with E-state index in [2.05, 4.69) is 21.2 Å². The number of nitrogen functional groups attached to an aromatic ring is 1. The Morgan fingerprint density at radius 1 is 1.35 bits per heavy atom. The predicted octanol–water partition coefficient (Wildman–Crippen LogP) is 2.25. The van der Waals surface area contributed by atoms with E-state index in [1.54, 1.807) is 18.2 Å². The average Bonchev–Trinajstić information content (AvgIpc) is 2.92. The van der Waals surface area contributed by atoms with E-state index in [1.807, 2.05) is 0 Å². The van der Waals surface area contributed by atoms with Crippen molar-refractivity contribution in [1.29, 1.82) is 0 Å². The topological polar surface area (TPSA) is 81.4 Å². The third-order valence-corrected chi connectivity index (χ3v) is 4.19. The number of hydrogen-bond acceptors (Lipinski definition) is 4. The van der Waals surface area contributed by atoms with E-state index in [9.17, 15) is 9.59 Å². The number of amides is 1. The highest BCUT2D eigenvalue weighted by molar-refractivity contribution is 9.10. The molecular formula is C14H17BrN2O3. The first-order chi connectivity index (χ1) is 9.58. The lowest BCUT2D eigenvalue weighted by atomic mass is 10.2. The number of nitrogens with two attached hydrogens (primary N) is 1. The van der Waals surface area contributed by atoms with Crippen molar-refractivity contribution in [3.05, 3.63) is 28.2 Å². The van der Waals surface area contributed by atoms with Gasteiger partial charge in [0.15, 0.2) is 6.61 Å². The summed E-state index contributed by atoms with van der Waals surface area (Å²) < 4.78 is 5.49. The molecule has 1 aliphatic rings. The molecule has 0 bridgehead atoms. The van der Waals surface area contributed by atoms with E-state index in [4.69, 9.17) is 10.5 Å². The highest BCUT2D eigenvalue weighted by Crippen LogP contribution is 2.24. The van der Waals surface area contributed by atoms with Crippen molar-refractivity contribution in [2.24, 2.45) is 0 Å². The molecule has 5 nitrogen and oxygen atoms in total. The quantitative estimate of drug-likeness (QED) is 0.650. The Bertz CT molecular complexity index is 513. The third-order valence-electron chi connectivity index (χ3n) is 3.30. The second-order valence-corrected chi connectivity index (χ2v) is 5.63. The fraction of sp³-hybridized carbons (Fsp3) is 0.429. The monoisotopic (exact) mass is 340 g/mol. The van der Waals surface area contributed by atoms with E-state index in [0.717, 1.165) is 25.7 Å². The van der Waals surface area contributed by atoms with Gasteiger partial charge in [0.25, 0.3) is 5.91 Å². The van der Waals surface area contributed by atoms with Gasteiger partial charge in [0.1, 0.15) is 0 Å². The van der Waals surface area contributed by atoms with Crippen LogP contribution in [0.5, 0.6) is 0 Å². The molecule has 1 amide bonds. The standard InChI is InChI=1S/C14H17BrN2O3/c15-13-10(6-3-7-11(13)16)14(19)20-8-12(18)17-9-4-1-2-5-9/h3,6-7,9H,1-2,4-5,8,16H2,(H,17,18). The zero-order valence-corrected chi connectivity index (χ0v) is 12.6. The second-order valence-electron chi connectivity index (χ2n) is 4.83. The average molecular weight is 341 g/mol. The van der Waals surface area contributed by atoms with Crippen molar-refractivity contribution in [1.82, 2.24) is 5.32 Å². The lowest BCUT2D eigenvalue weighted by Gasteiger charge is -2.12. The maximum Gasteiger partial charge on any atom is 0.339 e. The molecule has 1 aromatic rings. The molecule has 108 valence electrons. The largest absolute Gasteiger partial charge is 0.452 e. The number of rotatable bonds is 4. The van der Waals surface area contributed by atoms with Crippen LogP contribution in [0, 0.1) is 0 Å². The van der Waals surface area contributed by atoms with E-state index >= 15 is 0 Å².